The van der Waals surface area contributed by atoms with E-state index in [0.717, 1.165) is 18.7 Å². The van der Waals surface area contributed by atoms with Crippen molar-refractivity contribution in [3.63, 3.8) is 0 Å². The van der Waals surface area contributed by atoms with E-state index in [1.165, 1.54) is 5.56 Å². The first-order chi connectivity index (χ1) is 7.76. The minimum Gasteiger partial charge on any atom is -0.315 e. The number of amides is 1. The topological polar surface area (TPSA) is 32.3 Å². The molecule has 1 N–H and O–H groups in total. The van der Waals surface area contributed by atoms with Gasteiger partial charge in [0.05, 0.1) is 0 Å². The number of rotatable bonds is 2. The molecule has 0 saturated carbocycles. The highest BCUT2D eigenvalue weighted by Crippen LogP contribution is 2.27. The molecule has 0 saturated heterocycles. The van der Waals surface area contributed by atoms with Crippen LogP contribution in [-0.4, -0.2) is 25.5 Å². The first-order valence-electron chi connectivity index (χ1n) is 5.81. The van der Waals surface area contributed by atoms with E-state index in [9.17, 15) is 4.79 Å². The van der Waals surface area contributed by atoms with Crippen LogP contribution in [0, 0.1) is 0 Å². The molecule has 1 heterocycles. The molecule has 0 fully saturated rings. The number of likely N-dealkylation sites (N-methyl/N-ethyl adjacent to an activating group) is 1. The van der Waals surface area contributed by atoms with Crippen LogP contribution < -0.4 is 10.2 Å². The third-order valence-electron chi connectivity index (χ3n) is 3.16. The van der Waals surface area contributed by atoms with Crippen molar-refractivity contribution in [3.05, 3.63) is 29.8 Å². The number of benzene rings is 1. The van der Waals surface area contributed by atoms with Crippen molar-refractivity contribution in [2.75, 3.05) is 18.5 Å². The SMILES string of the molecule is CCC(=O)N1C[C@H](NC)Cc2ccccc21. The number of carbonyl (C=O) groups is 1. The largest absolute Gasteiger partial charge is 0.315 e. The third kappa shape index (κ3) is 1.95. The summed E-state index contributed by atoms with van der Waals surface area (Å²) in [5.74, 6) is 0.201. The van der Waals surface area contributed by atoms with E-state index >= 15 is 0 Å². The van der Waals surface area contributed by atoms with Gasteiger partial charge >= 0.3 is 0 Å². The summed E-state index contributed by atoms with van der Waals surface area (Å²) in [4.78, 5) is 13.8. The van der Waals surface area contributed by atoms with Crippen LogP contribution in [0.4, 0.5) is 5.69 Å². The molecule has 0 spiro atoms. The molecule has 1 aromatic carbocycles. The first-order valence-corrected chi connectivity index (χ1v) is 5.81. The predicted molar refractivity (Wildman–Crippen MR) is 65.6 cm³/mol. The Hall–Kier alpha value is -1.35. The molecule has 1 atom stereocenters. The van der Waals surface area contributed by atoms with E-state index in [4.69, 9.17) is 0 Å². The molecule has 3 heteroatoms. The lowest BCUT2D eigenvalue weighted by atomic mass is 9.97. The molecular weight excluding hydrogens is 200 g/mol. The smallest absolute Gasteiger partial charge is 0.226 e. The summed E-state index contributed by atoms with van der Waals surface area (Å²) >= 11 is 0. The van der Waals surface area contributed by atoms with E-state index < -0.39 is 0 Å². The van der Waals surface area contributed by atoms with Gasteiger partial charge in [0, 0.05) is 24.7 Å². The number of nitrogens with one attached hydrogen (secondary N) is 1. The molecule has 2 rings (SSSR count). The molecule has 1 amide bonds. The van der Waals surface area contributed by atoms with Crippen molar-refractivity contribution in [1.29, 1.82) is 0 Å². The van der Waals surface area contributed by atoms with Gasteiger partial charge in [-0.15, -0.1) is 0 Å². The molecule has 0 unspecified atom stereocenters. The molecule has 1 aromatic rings. The Labute approximate surface area is 96.5 Å². The predicted octanol–water partition coefficient (Wildman–Crippen LogP) is 1.57. The third-order valence-corrected chi connectivity index (χ3v) is 3.16. The Kier molecular flexibility index (Phi) is 3.25. The van der Waals surface area contributed by atoms with Gasteiger partial charge < -0.3 is 10.2 Å². The van der Waals surface area contributed by atoms with Crippen molar-refractivity contribution in [2.45, 2.75) is 25.8 Å². The number of hydrogen-bond donors (Lipinski definition) is 1. The van der Waals surface area contributed by atoms with Gasteiger partial charge in [-0.3, -0.25) is 4.79 Å². The number of carbonyl (C=O) groups excluding carboxylic acids is 1. The first kappa shape index (κ1) is 11.1. The molecule has 1 aliphatic heterocycles. The second kappa shape index (κ2) is 4.66. The summed E-state index contributed by atoms with van der Waals surface area (Å²) in [7, 11) is 1.95. The number of nitrogens with zero attached hydrogens (tertiary/aromatic N) is 1. The Morgan fingerprint density at radius 3 is 2.94 bits per heavy atom. The van der Waals surface area contributed by atoms with Crippen LogP contribution in [0.5, 0.6) is 0 Å². The van der Waals surface area contributed by atoms with Crippen molar-refractivity contribution in [1.82, 2.24) is 5.32 Å². The molecule has 3 nitrogen and oxygen atoms in total. The molecule has 0 aromatic heterocycles. The highest BCUT2D eigenvalue weighted by molar-refractivity contribution is 5.94. The van der Waals surface area contributed by atoms with Gasteiger partial charge in [-0.2, -0.15) is 0 Å². The standard InChI is InChI=1S/C13H18N2O/c1-3-13(16)15-9-11(14-2)8-10-6-4-5-7-12(10)15/h4-7,11,14H,3,8-9H2,1-2H3/t11-/m1/s1. The van der Waals surface area contributed by atoms with E-state index in [2.05, 4.69) is 11.4 Å². The van der Waals surface area contributed by atoms with E-state index in [0.29, 0.717) is 12.5 Å². The lowest BCUT2D eigenvalue weighted by Gasteiger charge is -2.34. The van der Waals surface area contributed by atoms with Crippen molar-refractivity contribution < 1.29 is 4.79 Å². The van der Waals surface area contributed by atoms with E-state index in [1.807, 2.05) is 37.1 Å². The number of hydrogen-bond acceptors (Lipinski definition) is 2. The van der Waals surface area contributed by atoms with Gasteiger partial charge in [0.25, 0.3) is 0 Å². The molecule has 0 radical (unpaired) electrons. The highest BCUT2D eigenvalue weighted by atomic mass is 16.2. The lowest BCUT2D eigenvalue weighted by molar-refractivity contribution is -0.118. The fraction of sp³-hybridized carbons (Fsp3) is 0.462. The van der Waals surface area contributed by atoms with Gasteiger partial charge in [-0.25, -0.2) is 0 Å². The van der Waals surface area contributed by atoms with Crippen LogP contribution in [0.3, 0.4) is 0 Å². The summed E-state index contributed by atoms with van der Waals surface area (Å²) in [6.07, 6.45) is 1.56. The van der Waals surface area contributed by atoms with Gasteiger partial charge in [-0.05, 0) is 25.1 Å². The maximum Gasteiger partial charge on any atom is 0.226 e. The lowest BCUT2D eigenvalue weighted by Crippen LogP contribution is -2.47. The van der Waals surface area contributed by atoms with Crippen LogP contribution >= 0.6 is 0 Å². The molecular formula is C13H18N2O. The number of fused-ring (bicyclic) bond motifs is 1. The summed E-state index contributed by atoms with van der Waals surface area (Å²) in [5, 5.41) is 3.26. The van der Waals surface area contributed by atoms with Gasteiger partial charge in [0.1, 0.15) is 0 Å². The van der Waals surface area contributed by atoms with Crippen LogP contribution in [0.25, 0.3) is 0 Å². The molecule has 1 aliphatic rings. The van der Waals surface area contributed by atoms with Gasteiger partial charge in [-0.1, -0.05) is 25.1 Å². The van der Waals surface area contributed by atoms with Crippen molar-refractivity contribution in [2.24, 2.45) is 0 Å². The zero-order valence-corrected chi connectivity index (χ0v) is 9.86. The zero-order chi connectivity index (χ0) is 11.5. The second-order valence-corrected chi connectivity index (χ2v) is 4.18. The Balaban J connectivity index is 2.35. The minimum absolute atomic E-state index is 0.201. The van der Waals surface area contributed by atoms with Crippen LogP contribution in [0.2, 0.25) is 0 Å². The number of anilines is 1. The summed E-state index contributed by atoms with van der Waals surface area (Å²) in [6, 6.07) is 8.54. The molecule has 0 aliphatic carbocycles. The molecule has 0 bridgehead atoms. The maximum atomic E-state index is 11.9. The zero-order valence-electron chi connectivity index (χ0n) is 9.86. The Bertz CT molecular complexity index is 389. The Morgan fingerprint density at radius 2 is 2.25 bits per heavy atom. The van der Waals surface area contributed by atoms with E-state index in [1.54, 1.807) is 0 Å². The fourth-order valence-corrected chi connectivity index (χ4v) is 2.22. The van der Waals surface area contributed by atoms with Crippen molar-refractivity contribution in [3.8, 4) is 0 Å². The van der Waals surface area contributed by atoms with Crippen molar-refractivity contribution >= 4 is 11.6 Å². The summed E-state index contributed by atoms with van der Waals surface area (Å²) in [5.41, 5.74) is 2.34. The summed E-state index contributed by atoms with van der Waals surface area (Å²) < 4.78 is 0. The maximum absolute atomic E-state index is 11.9. The average Bonchev–Trinajstić information content (AvgIpc) is 2.36. The van der Waals surface area contributed by atoms with Crippen LogP contribution in [0.1, 0.15) is 18.9 Å². The monoisotopic (exact) mass is 218 g/mol. The number of para-hydroxylation sites is 1. The Morgan fingerprint density at radius 1 is 1.50 bits per heavy atom. The fourth-order valence-electron chi connectivity index (χ4n) is 2.22. The quantitative estimate of drug-likeness (QED) is 0.817. The van der Waals surface area contributed by atoms with E-state index in [-0.39, 0.29) is 5.91 Å². The normalized spacial score (nSPS) is 19.4. The second-order valence-electron chi connectivity index (χ2n) is 4.18. The summed E-state index contributed by atoms with van der Waals surface area (Å²) in [6.45, 7) is 2.69. The van der Waals surface area contributed by atoms with Crippen LogP contribution in [0.15, 0.2) is 24.3 Å². The van der Waals surface area contributed by atoms with Crippen LogP contribution in [-0.2, 0) is 11.2 Å². The average molecular weight is 218 g/mol. The highest BCUT2D eigenvalue weighted by Gasteiger charge is 2.26. The molecule has 86 valence electrons. The van der Waals surface area contributed by atoms with Gasteiger partial charge in [0.15, 0.2) is 0 Å². The minimum atomic E-state index is 0.201. The molecule has 16 heavy (non-hydrogen) atoms. The van der Waals surface area contributed by atoms with Gasteiger partial charge in [0.2, 0.25) is 5.91 Å².